The standard InChI is InChI=1S/C8H4BrClN2OS/c9-7-11-12-8(14-7)13-6-4-2-1-3-5(6)10/h1-4H. The zero-order valence-electron chi connectivity index (χ0n) is 6.78. The first-order valence-electron chi connectivity index (χ1n) is 3.67. The topological polar surface area (TPSA) is 35.0 Å². The van der Waals surface area contributed by atoms with Gasteiger partial charge in [-0.1, -0.05) is 28.8 Å². The Morgan fingerprint density at radius 3 is 2.71 bits per heavy atom. The van der Waals surface area contributed by atoms with Crippen LogP contribution in [0.3, 0.4) is 0 Å². The fourth-order valence-corrected chi connectivity index (χ4v) is 1.96. The summed E-state index contributed by atoms with van der Waals surface area (Å²) in [6.45, 7) is 0. The van der Waals surface area contributed by atoms with Crippen molar-refractivity contribution in [2.24, 2.45) is 0 Å². The van der Waals surface area contributed by atoms with E-state index in [4.69, 9.17) is 16.3 Å². The second kappa shape index (κ2) is 4.25. The van der Waals surface area contributed by atoms with Gasteiger partial charge in [-0.3, -0.25) is 0 Å². The lowest BCUT2D eigenvalue weighted by molar-refractivity contribution is 0.473. The van der Waals surface area contributed by atoms with Gasteiger partial charge >= 0.3 is 0 Å². The molecule has 0 bridgehead atoms. The minimum atomic E-state index is 0.463. The number of rotatable bonds is 2. The molecule has 0 fully saturated rings. The molecule has 2 rings (SSSR count). The molecule has 0 N–H and O–H groups in total. The third-order valence-electron chi connectivity index (χ3n) is 1.42. The van der Waals surface area contributed by atoms with Crippen LogP contribution < -0.4 is 4.74 Å². The van der Waals surface area contributed by atoms with Crippen LogP contribution in [0.25, 0.3) is 0 Å². The summed E-state index contributed by atoms with van der Waals surface area (Å²) in [7, 11) is 0. The maximum Gasteiger partial charge on any atom is 0.300 e. The highest BCUT2D eigenvalue weighted by atomic mass is 79.9. The minimum absolute atomic E-state index is 0.463. The van der Waals surface area contributed by atoms with Crippen molar-refractivity contribution in [3.63, 3.8) is 0 Å². The average molecular weight is 292 g/mol. The van der Waals surface area contributed by atoms with Gasteiger partial charge in [0, 0.05) is 0 Å². The molecule has 0 spiro atoms. The third-order valence-corrected chi connectivity index (χ3v) is 2.96. The number of ether oxygens (including phenoxy) is 1. The van der Waals surface area contributed by atoms with Gasteiger partial charge in [0.15, 0.2) is 3.92 Å². The van der Waals surface area contributed by atoms with E-state index in [1.54, 1.807) is 12.1 Å². The van der Waals surface area contributed by atoms with Gasteiger partial charge < -0.3 is 4.74 Å². The highest BCUT2D eigenvalue weighted by Crippen LogP contribution is 2.31. The maximum atomic E-state index is 5.90. The van der Waals surface area contributed by atoms with Crippen LogP contribution >= 0.6 is 38.9 Å². The number of aromatic nitrogens is 2. The van der Waals surface area contributed by atoms with Crippen LogP contribution in [0.4, 0.5) is 0 Å². The number of hydrogen-bond donors (Lipinski definition) is 0. The molecule has 3 nitrogen and oxygen atoms in total. The van der Waals surface area contributed by atoms with E-state index < -0.39 is 0 Å². The van der Waals surface area contributed by atoms with E-state index in [0.29, 0.717) is 19.9 Å². The monoisotopic (exact) mass is 290 g/mol. The van der Waals surface area contributed by atoms with Crippen LogP contribution in [0.15, 0.2) is 28.2 Å². The van der Waals surface area contributed by atoms with Gasteiger partial charge in [0.1, 0.15) is 5.75 Å². The lowest BCUT2D eigenvalue weighted by Gasteiger charge is -2.01. The van der Waals surface area contributed by atoms with Gasteiger partial charge in [0.25, 0.3) is 5.19 Å². The number of nitrogens with zero attached hydrogens (tertiary/aromatic N) is 2. The van der Waals surface area contributed by atoms with E-state index in [1.807, 2.05) is 12.1 Å². The Bertz CT molecular complexity index is 448. The van der Waals surface area contributed by atoms with E-state index in [2.05, 4.69) is 26.1 Å². The Balaban J connectivity index is 2.23. The Labute approximate surface area is 97.8 Å². The Morgan fingerprint density at radius 2 is 2.07 bits per heavy atom. The molecule has 0 saturated carbocycles. The predicted molar refractivity (Wildman–Crippen MR) is 59.1 cm³/mol. The van der Waals surface area contributed by atoms with E-state index >= 15 is 0 Å². The molecule has 0 aliphatic rings. The molecule has 0 aliphatic heterocycles. The molecule has 1 aromatic heterocycles. The molecule has 0 radical (unpaired) electrons. The molecule has 14 heavy (non-hydrogen) atoms. The van der Waals surface area contributed by atoms with Crippen molar-refractivity contribution in [2.45, 2.75) is 0 Å². The first-order valence-corrected chi connectivity index (χ1v) is 5.66. The fourth-order valence-electron chi connectivity index (χ4n) is 0.856. The average Bonchev–Trinajstić information content (AvgIpc) is 2.56. The SMILES string of the molecule is Clc1ccccc1Oc1nnc(Br)s1. The summed E-state index contributed by atoms with van der Waals surface area (Å²) in [6, 6.07) is 7.22. The van der Waals surface area contributed by atoms with Crippen LogP contribution in [-0.2, 0) is 0 Å². The van der Waals surface area contributed by atoms with Crippen molar-refractivity contribution in [3.8, 4) is 10.9 Å². The number of hydrogen-bond acceptors (Lipinski definition) is 4. The Hall–Kier alpha value is -0.650. The van der Waals surface area contributed by atoms with E-state index in [9.17, 15) is 0 Å². The van der Waals surface area contributed by atoms with Gasteiger partial charge in [0.05, 0.1) is 5.02 Å². The smallest absolute Gasteiger partial charge is 0.300 e. The second-order valence-corrected chi connectivity index (χ2v) is 4.98. The van der Waals surface area contributed by atoms with Crippen molar-refractivity contribution in [3.05, 3.63) is 33.2 Å². The quantitative estimate of drug-likeness (QED) is 0.845. The highest BCUT2D eigenvalue weighted by molar-refractivity contribution is 9.11. The molecule has 1 aromatic carbocycles. The van der Waals surface area contributed by atoms with Gasteiger partial charge in [0.2, 0.25) is 0 Å². The first-order chi connectivity index (χ1) is 6.75. The van der Waals surface area contributed by atoms with E-state index in [0.717, 1.165) is 0 Å². The fraction of sp³-hybridized carbons (Fsp3) is 0. The second-order valence-electron chi connectivity index (χ2n) is 2.35. The molecular weight excluding hydrogens is 288 g/mol. The van der Waals surface area contributed by atoms with Crippen molar-refractivity contribution in [1.82, 2.24) is 10.2 Å². The first kappa shape index (κ1) is 9.89. The highest BCUT2D eigenvalue weighted by Gasteiger charge is 2.06. The minimum Gasteiger partial charge on any atom is -0.428 e. The summed E-state index contributed by atoms with van der Waals surface area (Å²) in [5.74, 6) is 0.581. The Morgan fingerprint density at radius 1 is 1.29 bits per heavy atom. The van der Waals surface area contributed by atoms with Gasteiger partial charge in [-0.25, -0.2) is 0 Å². The molecule has 0 amide bonds. The maximum absolute atomic E-state index is 5.90. The largest absolute Gasteiger partial charge is 0.428 e. The van der Waals surface area contributed by atoms with Crippen LogP contribution in [-0.4, -0.2) is 10.2 Å². The van der Waals surface area contributed by atoms with Crippen LogP contribution in [0.5, 0.6) is 10.9 Å². The summed E-state index contributed by atoms with van der Waals surface area (Å²) >= 11 is 10.4. The number of benzene rings is 1. The molecule has 0 saturated heterocycles. The van der Waals surface area contributed by atoms with Crippen LogP contribution in [0.2, 0.25) is 5.02 Å². The van der Waals surface area contributed by atoms with Crippen molar-refractivity contribution >= 4 is 38.9 Å². The zero-order chi connectivity index (χ0) is 9.97. The van der Waals surface area contributed by atoms with Crippen molar-refractivity contribution in [2.75, 3.05) is 0 Å². The molecule has 0 atom stereocenters. The molecule has 0 aliphatic carbocycles. The van der Waals surface area contributed by atoms with Crippen LogP contribution in [0.1, 0.15) is 0 Å². The van der Waals surface area contributed by atoms with E-state index in [-0.39, 0.29) is 0 Å². The zero-order valence-corrected chi connectivity index (χ0v) is 9.93. The van der Waals surface area contributed by atoms with Gasteiger partial charge in [-0.2, -0.15) is 0 Å². The third kappa shape index (κ3) is 2.23. The summed E-state index contributed by atoms with van der Waals surface area (Å²) in [5.41, 5.74) is 0. The molecule has 2 aromatic rings. The molecule has 0 unspecified atom stereocenters. The Kier molecular flexibility index (Phi) is 3.00. The molecular formula is C8H4BrClN2OS. The molecule has 6 heteroatoms. The van der Waals surface area contributed by atoms with Gasteiger partial charge in [-0.15, -0.1) is 5.10 Å². The molecule has 1 heterocycles. The van der Waals surface area contributed by atoms with E-state index in [1.165, 1.54) is 11.3 Å². The predicted octanol–water partition coefficient (Wildman–Crippen LogP) is 3.75. The summed E-state index contributed by atoms with van der Waals surface area (Å²) in [6.07, 6.45) is 0. The van der Waals surface area contributed by atoms with Crippen LogP contribution in [0, 0.1) is 0 Å². The summed E-state index contributed by atoms with van der Waals surface area (Å²) < 4.78 is 6.09. The lowest BCUT2D eigenvalue weighted by atomic mass is 10.3. The van der Waals surface area contributed by atoms with Gasteiger partial charge in [-0.05, 0) is 39.4 Å². The normalized spacial score (nSPS) is 10.1. The molecule has 72 valence electrons. The summed E-state index contributed by atoms with van der Waals surface area (Å²) in [4.78, 5) is 0. The van der Waals surface area contributed by atoms with Crippen molar-refractivity contribution < 1.29 is 4.74 Å². The lowest BCUT2D eigenvalue weighted by Crippen LogP contribution is -1.83. The number of para-hydroxylation sites is 1. The summed E-state index contributed by atoms with van der Waals surface area (Å²) in [5, 5.41) is 8.57. The number of halogens is 2. The van der Waals surface area contributed by atoms with Crippen molar-refractivity contribution in [1.29, 1.82) is 0 Å².